The highest BCUT2D eigenvalue weighted by Gasteiger charge is 2.11. The summed E-state index contributed by atoms with van der Waals surface area (Å²) in [7, 11) is 3.17. The molecule has 6 nitrogen and oxygen atoms in total. The molecule has 0 atom stereocenters. The van der Waals surface area contributed by atoms with E-state index in [0.29, 0.717) is 29.5 Å². The fourth-order valence-corrected chi connectivity index (χ4v) is 2.27. The first-order valence-corrected chi connectivity index (χ1v) is 6.88. The fraction of sp³-hybridized carbons (Fsp3) is 0.308. The number of nitrogens with one attached hydrogen (secondary N) is 1. The number of hydrogen-bond donors (Lipinski definition) is 1. The van der Waals surface area contributed by atoms with Crippen LogP contribution in [0.2, 0.25) is 0 Å². The molecule has 1 heterocycles. The number of carbonyl (C=O) groups is 1. The maximum Gasteiger partial charge on any atom is 0.226 e. The van der Waals surface area contributed by atoms with Crippen LogP contribution in [0.4, 0.5) is 5.13 Å². The normalized spacial score (nSPS) is 10.1. The van der Waals surface area contributed by atoms with Gasteiger partial charge < -0.3 is 14.8 Å². The van der Waals surface area contributed by atoms with Crippen LogP contribution in [0.25, 0.3) is 0 Å². The number of hydrogen-bond acceptors (Lipinski definition) is 6. The Morgan fingerprint density at radius 1 is 1.35 bits per heavy atom. The number of amides is 1. The van der Waals surface area contributed by atoms with Gasteiger partial charge in [0.2, 0.25) is 11.0 Å². The highest BCUT2D eigenvalue weighted by molar-refractivity contribution is 7.13. The van der Waals surface area contributed by atoms with Crippen molar-refractivity contribution in [1.82, 2.24) is 10.2 Å². The summed E-state index contributed by atoms with van der Waals surface area (Å²) >= 11 is 1.29. The molecule has 0 spiro atoms. The number of anilines is 1. The van der Waals surface area contributed by atoms with Gasteiger partial charge in [0, 0.05) is 6.42 Å². The summed E-state index contributed by atoms with van der Waals surface area (Å²) in [5.74, 6) is 1.22. The van der Waals surface area contributed by atoms with Crippen molar-refractivity contribution in [3.05, 3.63) is 29.3 Å². The average molecular weight is 293 g/mol. The number of rotatable bonds is 6. The number of ether oxygens (including phenoxy) is 2. The Morgan fingerprint density at radius 2 is 2.20 bits per heavy atom. The van der Waals surface area contributed by atoms with Gasteiger partial charge in [-0.3, -0.25) is 4.79 Å². The second-order valence-electron chi connectivity index (χ2n) is 3.94. The molecule has 1 aromatic carbocycles. The molecular formula is C13H15N3O3S. The van der Waals surface area contributed by atoms with Crippen LogP contribution in [0.1, 0.15) is 12.0 Å². The molecule has 0 unspecified atom stereocenters. The lowest BCUT2D eigenvalue weighted by atomic mass is 10.1. The number of aromatic nitrogens is 2. The molecule has 7 heteroatoms. The number of benzene rings is 1. The molecule has 0 saturated heterocycles. The smallest absolute Gasteiger partial charge is 0.226 e. The maximum absolute atomic E-state index is 11.8. The Morgan fingerprint density at radius 3 is 2.85 bits per heavy atom. The number of methoxy groups -OCH3 is 2. The number of carbonyl (C=O) groups excluding carboxylic acids is 1. The Hall–Kier alpha value is -2.15. The van der Waals surface area contributed by atoms with E-state index < -0.39 is 0 Å². The van der Waals surface area contributed by atoms with Gasteiger partial charge in [-0.25, -0.2) is 0 Å². The molecular weight excluding hydrogens is 278 g/mol. The van der Waals surface area contributed by atoms with Crippen LogP contribution in [0.3, 0.4) is 0 Å². The molecule has 1 N–H and O–H groups in total. The van der Waals surface area contributed by atoms with E-state index in [-0.39, 0.29) is 5.91 Å². The first kappa shape index (κ1) is 14.3. The van der Waals surface area contributed by atoms with E-state index in [0.717, 1.165) is 5.56 Å². The molecule has 20 heavy (non-hydrogen) atoms. The van der Waals surface area contributed by atoms with Crippen LogP contribution < -0.4 is 14.8 Å². The van der Waals surface area contributed by atoms with Gasteiger partial charge in [0.05, 0.1) is 14.2 Å². The molecule has 106 valence electrons. The minimum Gasteiger partial charge on any atom is -0.493 e. The molecule has 0 fully saturated rings. The van der Waals surface area contributed by atoms with Crippen molar-refractivity contribution < 1.29 is 14.3 Å². The van der Waals surface area contributed by atoms with E-state index in [2.05, 4.69) is 15.5 Å². The van der Waals surface area contributed by atoms with Crippen LogP contribution in [-0.4, -0.2) is 30.3 Å². The van der Waals surface area contributed by atoms with Crippen molar-refractivity contribution in [2.24, 2.45) is 0 Å². The van der Waals surface area contributed by atoms with Gasteiger partial charge >= 0.3 is 0 Å². The van der Waals surface area contributed by atoms with Gasteiger partial charge in [0.15, 0.2) is 11.5 Å². The highest BCUT2D eigenvalue weighted by Crippen LogP contribution is 2.31. The monoisotopic (exact) mass is 293 g/mol. The highest BCUT2D eigenvalue weighted by atomic mass is 32.1. The SMILES string of the molecule is COc1cccc(CCC(=O)Nc2nncs2)c1OC. The van der Waals surface area contributed by atoms with Crippen molar-refractivity contribution in [2.45, 2.75) is 12.8 Å². The minimum atomic E-state index is -0.105. The predicted molar refractivity (Wildman–Crippen MR) is 76.4 cm³/mol. The third kappa shape index (κ3) is 3.45. The van der Waals surface area contributed by atoms with Crippen LogP contribution in [0, 0.1) is 0 Å². The predicted octanol–water partition coefficient (Wildman–Crippen LogP) is 2.13. The minimum absolute atomic E-state index is 0.105. The molecule has 0 aliphatic carbocycles. The first-order valence-electron chi connectivity index (χ1n) is 6.00. The summed E-state index contributed by atoms with van der Waals surface area (Å²) in [5, 5.41) is 10.6. The van der Waals surface area contributed by atoms with Gasteiger partial charge in [0.25, 0.3) is 0 Å². The summed E-state index contributed by atoms with van der Waals surface area (Å²) in [6.45, 7) is 0. The van der Waals surface area contributed by atoms with Gasteiger partial charge in [-0.2, -0.15) is 0 Å². The molecule has 2 aromatic rings. The van der Waals surface area contributed by atoms with Crippen molar-refractivity contribution in [3.63, 3.8) is 0 Å². The first-order chi connectivity index (χ1) is 9.74. The Kier molecular flexibility index (Phi) is 4.89. The third-order valence-corrected chi connectivity index (χ3v) is 3.32. The molecule has 0 aliphatic rings. The van der Waals surface area contributed by atoms with Crippen LogP contribution >= 0.6 is 11.3 Å². The van der Waals surface area contributed by atoms with E-state index in [1.807, 2.05) is 18.2 Å². The van der Waals surface area contributed by atoms with Crippen LogP contribution in [0.15, 0.2) is 23.7 Å². The van der Waals surface area contributed by atoms with Gasteiger partial charge in [0.1, 0.15) is 5.51 Å². The lowest BCUT2D eigenvalue weighted by Crippen LogP contribution is -2.12. The van der Waals surface area contributed by atoms with Crippen molar-refractivity contribution in [2.75, 3.05) is 19.5 Å². The zero-order valence-corrected chi connectivity index (χ0v) is 12.1. The molecule has 2 rings (SSSR count). The molecule has 0 bridgehead atoms. The van der Waals surface area contributed by atoms with E-state index in [1.54, 1.807) is 19.7 Å². The van der Waals surface area contributed by atoms with Gasteiger partial charge in [-0.1, -0.05) is 23.5 Å². The summed E-state index contributed by atoms with van der Waals surface area (Å²) in [4.78, 5) is 11.8. The zero-order chi connectivity index (χ0) is 14.4. The molecule has 0 saturated carbocycles. The Bertz CT molecular complexity index is 572. The maximum atomic E-state index is 11.8. The topological polar surface area (TPSA) is 73.3 Å². The lowest BCUT2D eigenvalue weighted by molar-refractivity contribution is -0.116. The second kappa shape index (κ2) is 6.85. The van der Waals surface area contributed by atoms with E-state index in [1.165, 1.54) is 11.3 Å². The summed E-state index contributed by atoms with van der Waals surface area (Å²) in [5.41, 5.74) is 2.50. The zero-order valence-electron chi connectivity index (χ0n) is 11.3. The molecule has 0 aliphatic heterocycles. The van der Waals surface area contributed by atoms with Crippen LogP contribution in [0.5, 0.6) is 11.5 Å². The number of para-hydroxylation sites is 1. The molecule has 1 aromatic heterocycles. The number of aryl methyl sites for hydroxylation is 1. The third-order valence-electron chi connectivity index (χ3n) is 2.71. The second-order valence-corrected chi connectivity index (χ2v) is 4.78. The summed E-state index contributed by atoms with van der Waals surface area (Å²) < 4.78 is 10.6. The Labute approximate surface area is 120 Å². The Balaban J connectivity index is 1.98. The summed E-state index contributed by atoms with van der Waals surface area (Å²) in [6, 6.07) is 5.61. The van der Waals surface area contributed by atoms with Crippen molar-refractivity contribution >= 4 is 22.4 Å². The fourth-order valence-electron chi connectivity index (χ4n) is 1.81. The van der Waals surface area contributed by atoms with Crippen LogP contribution in [-0.2, 0) is 11.2 Å². The van der Waals surface area contributed by atoms with E-state index in [4.69, 9.17) is 9.47 Å². The quantitative estimate of drug-likeness (QED) is 0.883. The largest absolute Gasteiger partial charge is 0.493 e. The summed E-state index contributed by atoms with van der Waals surface area (Å²) in [6.07, 6.45) is 0.897. The van der Waals surface area contributed by atoms with E-state index >= 15 is 0 Å². The van der Waals surface area contributed by atoms with Gasteiger partial charge in [-0.05, 0) is 18.1 Å². The lowest BCUT2D eigenvalue weighted by Gasteiger charge is -2.12. The molecule has 0 radical (unpaired) electrons. The molecule has 1 amide bonds. The van der Waals surface area contributed by atoms with E-state index in [9.17, 15) is 4.79 Å². The van der Waals surface area contributed by atoms with Crippen molar-refractivity contribution in [3.8, 4) is 11.5 Å². The average Bonchev–Trinajstić information content (AvgIpc) is 2.97. The standard InChI is InChI=1S/C13H15N3O3S/c1-18-10-5-3-4-9(12(10)19-2)6-7-11(17)15-13-16-14-8-20-13/h3-5,8H,6-7H2,1-2H3,(H,15,16,17). The van der Waals surface area contributed by atoms with Gasteiger partial charge in [-0.15, -0.1) is 10.2 Å². The van der Waals surface area contributed by atoms with Crippen molar-refractivity contribution in [1.29, 1.82) is 0 Å². The number of nitrogens with zero attached hydrogens (tertiary/aromatic N) is 2.